The minimum Gasteiger partial charge on any atom is -0.496 e. The van der Waals surface area contributed by atoms with Crippen LogP contribution in [-0.4, -0.2) is 37.0 Å². The summed E-state index contributed by atoms with van der Waals surface area (Å²) in [6.45, 7) is 5.61. The molecule has 1 saturated heterocycles. The highest BCUT2D eigenvalue weighted by molar-refractivity contribution is 5.94. The molecule has 0 bridgehead atoms. The minimum atomic E-state index is 0. The van der Waals surface area contributed by atoms with Gasteiger partial charge in [-0.15, -0.1) is 12.4 Å². The Morgan fingerprint density at radius 3 is 2.52 bits per heavy atom. The first-order chi connectivity index (χ1) is 9.52. The molecule has 1 amide bonds. The van der Waals surface area contributed by atoms with Gasteiger partial charge in [-0.05, 0) is 50.3 Å². The third kappa shape index (κ3) is 4.11. The topological polar surface area (TPSA) is 55.6 Å². The molecule has 1 aromatic carbocycles. The molecule has 0 saturated carbocycles. The summed E-state index contributed by atoms with van der Waals surface area (Å²) >= 11 is 0. The molecule has 0 aromatic heterocycles. The summed E-state index contributed by atoms with van der Waals surface area (Å²) in [4.78, 5) is 14.4. The first kappa shape index (κ1) is 17.8. The largest absolute Gasteiger partial charge is 0.496 e. The number of nitrogens with zero attached hydrogens (tertiary/aromatic N) is 1. The van der Waals surface area contributed by atoms with Gasteiger partial charge < -0.3 is 15.4 Å². The molecule has 5 heteroatoms. The predicted octanol–water partition coefficient (Wildman–Crippen LogP) is 2.62. The molecular formula is C16H25ClN2O2. The second-order valence-electron chi connectivity index (χ2n) is 5.67. The van der Waals surface area contributed by atoms with E-state index in [0.29, 0.717) is 11.5 Å². The molecule has 2 rings (SSSR count). The smallest absolute Gasteiger partial charge is 0.253 e. The summed E-state index contributed by atoms with van der Waals surface area (Å²) in [6.07, 6.45) is 1.98. The Morgan fingerprint density at radius 1 is 1.38 bits per heavy atom. The standard InChI is InChI=1S/C16H24N2O2.ClH/c1-11-4-5-14(10-15(11)20-3)16(19)18-8-6-13(7-9-18)12(2)17;/h4-5,10,12-13H,6-9,17H2,1-3H3;1H. The van der Waals surface area contributed by atoms with Crippen molar-refractivity contribution in [2.45, 2.75) is 32.7 Å². The van der Waals surface area contributed by atoms with Gasteiger partial charge in [0.2, 0.25) is 0 Å². The van der Waals surface area contributed by atoms with Crippen molar-refractivity contribution in [1.82, 2.24) is 4.90 Å². The lowest BCUT2D eigenvalue weighted by Gasteiger charge is -2.33. The number of amides is 1. The number of aryl methyl sites for hydroxylation is 1. The Labute approximate surface area is 133 Å². The number of likely N-dealkylation sites (tertiary alicyclic amines) is 1. The Kier molecular flexibility index (Phi) is 6.49. The quantitative estimate of drug-likeness (QED) is 0.933. The Hall–Kier alpha value is -1.26. The van der Waals surface area contributed by atoms with Crippen molar-refractivity contribution >= 4 is 18.3 Å². The first-order valence-corrected chi connectivity index (χ1v) is 7.22. The van der Waals surface area contributed by atoms with Crippen LogP contribution in [0.4, 0.5) is 0 Å². The van der Waals surface area contributed by atoms with E-state index in [4.69, 9.17) is 10.5 Å². The number of piperidine rings is 1. The van der Waals surface area contributed by atoms with Gasteiger partial charge in [0.05, 0.1) is 7.11 Å². The molecule has 1 unspecified atom stereocenters. The number of carbonyl (C=O) groups excluding carboxylic acids is 1. The normalized spacial score (nSPS) is 17.0. The zero-order valence-corrected chi connectivity index (χ0v) is 13.8. The monoisotopic (exact) mass is 312 g/mol. The predicted molar refractivity (Wildman–Crippen MR) is 87.3 cm³/mol. The highest BCUT2D eigenvalue weighted by Crippen LogP contribution is 2.23. The lowest BCUT2D eigenvalue weighted by Crippen LogP contribution is -2.42. The molecule has 1 atom stereocenters. The van der Waals surface area contributed by atoms with E-state index < -0.39 is 0 Å². The summed E-state index contributed by atoms with van der Waals surface area (Å²) < 4.78 is 5.28. The molecule has 1 aliphatic heterocycles. The van der Waals surface area contributed by atoms with Crippen LogP contribution in [0.3, 0.4) is 0 Å². The first-order valence-electron chi connectivity index (χ1n) is 7.22. The molecule has 0 spiro atoms. The van der Waals surface area contributed by atoms with E-state index in [1.54, 1.807) is 7.11 Å². The van der Waals surface area contributed by atoms with Gasteiger partial charge in [-0.1, -0.05) is 6.07 Å². The molecule has 4 nitrogen and oxygen atoms in total. The number of nitrogens with two attached hydrogens (primary N) is 1. The van der Waals surface area contributed by atoms with Crippen molar-refractivity contribution < 1.29 is 9.53 Å². The van der Waals surface area contributed by atoms with E-state index in [2.05, 4.69) is 0 Å². The van der Waals surface area contributed by atoms with E-state index >= 15 is 0 Å². The fraction of sp³-hybridized carbons (Fsp3) is 0.562. The van der Waals surface area contributed by atoms with Crippen molar-refractivity contribution in [2.24, 2.45) is 11.7 Å². The van der Waals surface area contributed by atoms with Gasteiger partial charge in [-0.25, -0.2) is 0 Å². The molecular weight excluding hydrogens is 288 g/mol. The Morgan fingerprint density at radius 2 is 2.00 bits per heavy atom. The van der Waals surface area contributed by atoms with Crippen molar-refractivity contribution in [2.75, 3.05) is 20.2 Å². The zero-order valence-electron chi connectivity index (χ0n) is 13.0. The molecule has 0 radical (unpaired) electrons. The van der Waals surface area contributed by atoms with Crippen LogP contribution in [0, 0.1) is 12.8 Å². The number of methoxy groups -OCH3 is 1. The molecule has 118 valence electrons. The molecule has 21 heavy (non-hydrogen) atoms. The van der Waals surface area contributed by atoms with E-state index in [0.717, 1.165) is 37.2 Å². The van der Waals surface area contributed by atoms with Crippen LogP contribution < -0.4 is 10.5 Å². The molecule has 1 heterocycles. The third-order valence-corrected chi connectivity index (χ3v) is 4.23. The average Bonchev–Trinajstić information content (AvgIpc) is 2.47. The van der Waals surface area contributed by atoms with E-state index in [9.17, 15) is 4.79 Å². The minimum absolute atomic E-state index is 0. The lowest BCUT2D eigenvalue weighted by atomic mass is 9.90. The number of halogens is 1. The van der Waals surface area contributed by atoms with Crippen molar-refractivity contribution in [1.29, 1.82) is 0 Å². The van der Waals surface area contributed by atoms with Crippen molar-refractivity contribution in [3.05, 3.63) is 29.3 Å². The van der Waals surface area contributed by atoms with Gasteiger partial charge in [-0.2, -0.15) is 0 Å². The molecule has 1 aliphatic rings. The lowest BCUT2D eigenvalue weighted by molar-refractivity contribution is 0.0680. The van der Waals surface area contributed by atoms with Gasteiger partial charge >= 0.3 is 0 Å². The zero-order chi connectivity index (χ0) is 14.7. The maximum absolute atomic E-state index is 12.5. The number of carbonyl (C=O) groups is 1. The van der Waals surface area contributed by atoms with Crippen LogP contribution in [-0.2, 0) is 0 Å². The van der Waals surface area contributed by atoms with Gasteiger partial charge in [0.25, 0.3) is 5.91 Å². The second kappa shape index (κ2) is 7.66. The van der Waals surface area contributed by atoms with Crippen LogP contribution in [0.15, 0.2) is 18.2 Å². The number of ether oxygens (including phenoxy) is 1. The number of rotatable bonds is 3. The van der Waals surface area contributed by atoms with E-state index in [1.807, 2.05) is 36.9 Å². The molecule has 0 aliphatic carbocycles. The SMILES string of the molecule is COc1cc(C(=O)N2CCC(C(C)N)CC2)ccc1C.Cl. The molecule has 1 fully saturated rings. The van der Waals surface area contributed by atoms with E-state index in [1.165, 1.54) is 0 Å². The fourth-order valence-corrected chi connectivity index (χ4v) is 2.76. The highest BCUT2D eigenvalue weighted by Gasteiger charge is 2.25. The van der Waals surface area contributed by atoms with Gasteiger partial charge in [0.15, 0.2) is 0 Å². The van der Waals surface area contributed by atoms with Gasteiger partial charge in [0, 0.05) is 24.7 Å². The third-order valence-electron chi connectivity index (χ3n) is 4.23. The van der Waals surface area contributed by atoms with Gasteiger partial charge in [0.1, 0.15) is 5.75 Å². The Bertz CT molecular complexity index is 483. The van der Waals surface area contributed by atoms with Crippen LogP contribution in [0.1, 0.15) is 35.7 Å². The summed E-state index contributed by atoms with van der Waals surface area (Å²) in [5.74, 6) is 1.39. The summed E-state index contributed by atoms with van der Waals surface area (Å²) in [6, 6.07) is 5.85. The fourth-order valence-electron chi connectivity index (χ4n) is 2.76. The second-order valence-corrected chi connectivity index (χ2v) is 5.67. The maximum atomic E-state index is 12.5. The molecule has 2 N–H and O–H groups in total. The van der Waals surface area contributed by atoms with Crippen LogP contribution in [0.5, 0.6) is 5.75 Å². The van der Waals surface area contributed by atoms with Gasteiger partial charge in [-0.3, -0.25) is 4.79 Å². The van der Waals surface area contributed by atoms with Crippen LogP contribution in [0.2, 0.25) is 0 Å². The Balaban J connectivity index is 0.00000220. The van der Waals surface area contributed by atoms with Crippen molar-refractivity contribution in [3.63, 3.8) is 0 Å². The number of benzene rings is 1. The summed E-state index contributed by atoms with van der Waals surface area (Å²) in [7, 11) is 1.63. The van der Waals surface area contributed by atoms with Crippen molar-refractivity contribution in [3.8, 4) is 5.75 Å². The highest BCUT2D eigenvalue weighted by atomic mass is 35.5. The number of hydrogen-bond acceptors (Lipinski definition) is 3. The van der Waals surface area contributed by atoms with Crippen LogP contribution >= 0.6 is 12.4 Å². The summed E-state index contributed by atoms with van der Waals surface area (Å²) in [5.41, 5.74) is 7.68. The maximum Gasteiger partial charge on any atom is 0.253 e. The molecule has 1 aromatic rings. The average molecular weight is 313 g/mol. The van der Waals surface area contributed by atoms with Crippen LogP contribution in [0.25, 0.3) is 0 Å². The van der Waals surface area contributed by atoms with E-state index in [-0.39, 0.29) is 24.4 Å². The number of hydrogen-bond donors (Lipinski definition) is 1. The summed E-state index contributed by atoms with van der Waals surface area (Å²) in [5, 5.41) is 0.